The Morgan fingerprint density at radius 3 is 2.66 bits per heavy atom. The number of ether oxygens (including phenoxy) is 2. The molecule has 2 heterocycles. The summed E-state index contributed by atoms with van der Waals surface area (Å²) in [4.78, 5) is 31.4. The number of hydrogen-bond acceptors (Lipinski definition) is 8. The van der Waals surface area contributed by atoms with Crippen LogP contribution in [0.2, 0.25) is 5.02 Å². The smallest absolute Gasteiger partial charge is 0.437 e. The van der Waals surface area contributed by atoms with Crippen molar-refractivity contribution < 1.29 is 27.4 Å². The highest BCUT2D eigenvalue weighted by molar-refractivity contribution is 6.30. The SMILES string of the molecule is COc1ccc(/C(C)=C/C(Cn2cnc(C(F)(F)F)c(Oc3cc(Cl)cc(C#N)c3)c2=O)=N\NC=O)cn1. The number of methoxy groups -OCH3 is 1. The molecule has 0 aliphatic rings. The Labute approximate surface area is 218 Å². The zero-order chi connectivity index (χ0) is 27.9. The topological polar surface area (TPSA) is 131 Å². The lowest BCUT2D eigenvalue weighted by Gasteiger charge is -2.15. The van der Waals surface area contributed by atoms with E-state index in [9.17, 15) is 22.8 Å². The summed E-state index contributed by atoms with van der Waals surface area (Å²) < 4.78 is 52.1. The van der Waals surface area contributed by atoms with Gasteiger partial charge in [0.25, 0.3) is 5.56 Å². The van der Waals surface area contributed by atoms with Gasteiger partial charge in [-0.3, -0.25) is 14.2 Å². The summed E-state index contributed by atoms with van der Waals surface area (Å²) in [6.07, 6.45) is -1.04. The standard InChI is InChI=1S/C24H18ClF3N6O4/c1-14(16-3-4-20(37-2)30-10-16)5-18(33-32-13-35)11-34-12-31-22(24(26,27)28)21(23(34)36)38-19-7-15(9-29)6-17(25)8-19/h3-8,10,12-13H,11H2,1-2H3,(H,32,35)/b14-5+,33-18+. The number of aromatic nitrogens is 3. The van der Waals surface area contributed by atoms with Gasteiger partial charge in [0, 0.05) is 17.3 Å². The number of carbonyl (C=O) groups is 1. The lowest BCUT2D eigenvalue weighted by atomic mass is 10.1. The fourth-order valence-electron chi connectivity index (χ4n) is 3.15. The fraction of sp³-hybridized carbons (Fsp3) is 0.167. The molecule has 1 aromatic carbocycles. The summed E-state index contributed by atoms with van der Waals surface area (Å²) in [6, 6.07) is 8.67. The molecule has 3 rings (SSSR count). The normalized spacial score (nSPS) is 12.0. The lowest BCUT2D eigenvalue weighted by Crippen LogP contribution is -2.29. The van der Waals surface area contributed by atoms with Gasteiger partial charge in [-0.2, -0.15) is 23.5 Å². The Bertz CT molecular complexity index is 1490. The van der Waals surface area contributed by atoms with E-state index < -0.39 is 23.2 Å². The molecule has 3 aromatic rings. The van der Waals surface area contributed by atoms with Gasteiger partial charge in [-0.05, 0) is 48.4 Å². The van der Waals surface area contributed by atoms with E-state index >= 15 is 0 Å². The highest BCUT2D eigenvalue weighted by Crippen LogP contribution is 2.35. The monoisotopic (exact) mass is 546 g/mol. The number of nitriles is 1. The maximum Gasteiger partial charge on any atom is 0.437 e. The number of hydrazone groups is 1. The van der Waals surface area contributed by atoms with E-state index in [-0.39, 0.29) is 35.0 Å². The molecule has 196 valence electrons. The first-order chi connectivity index (χ1) is 18.0. The van der Waals surface area contributed by atoms with E-state index in [0.717, 1.165) is 16.7 Å². The Hall–Kier alpha value is -4.70. The molecule has 1 amide bonds. The van der Waals surface area contributed by atoms with Crippen LogP contribution in [0.5, 0.6) is 17.4 Å². The van der Waals surface area contributed by atoms with E-state index in [0.29, 0.717) is 23.3 Å². The number of halogens is 4. The summed E-state index contributed by atoms with van der Waals surface area (Å²) in [5.41, 5.74) is 0.706. The van der Waals surface area contributed by atoms with Crippen LogP contribution in [0.15, 0.2) is 58.8 Å². The minimum Gasteiger partial charge on any atom is -0.481 e. The Balaban J connectivity index is 2.05. The van der Waals surface area contributed by atoms with Crippen LogP contribution in [-0.4, -0.2) is 33.8 Å². The Morgan fingerprint density at radius 1 is 1.29 bits per heavy atom. The average Bonchev–Trinajstić information content (AvgIpc) is 2.88. The van der Waals surface area contributed by atoms with Crippen molar-refractivity contribution >= 4 is 29.3 Å². The molecule has 0 atom stereocenters. The third kappa shape index (κ3) is 6.95. The molecule has 0 fully saturated rings. The lowest BCUT2D eigenvalue weighted by molar-refractivity contribution is -0.142. The first-order valence-electron chi connectivity index (χ1n) is 10.5. The summed E-state index contributed by atoms with van der Waals surface area (Å²) in [6.45, 7) is 1.31. The van der Waals surface area contributed by atoms with Gasteiger partial charge in [0.1, 0.15) is 5.75 Å². The second-order valence-corrected chi connectivity index (χ2v) is 7.95. The molecule has 0 aliphatic carbocycles. The number of carbonyl (C=O) groups excluding carboxylic acids is 1. The summed E-state index contributed by atoms with van der Waals surface area (Å²) in [7, 11) is 1.46. The van der Waals surface area contributed by atoms with Crippen LogP contribution in [0.3, 0.4) is 0 Å². The van der Waals surface area contributed by atoms with E-state index in [2.05, 4.69) is 20.5 Å². The molecule has 0 bridgehead atoms. The molecule has 14 heteroatoms. The number of nitrogens with zero attached hydrogens (tertiary/aromatic N) is 5. The second-order valence-electron chi connectivity index (χ2n) is 7.51. The van der Waals surface area contributed by atoms with Gasteiger partial charge < -0.3 is 9.47 Å². The number of allylic oxidation sites excluding steroid dienone is 2. The van der Waals surface area contributed by atoms with Crippen molar-refractivity contribution in [3.63, 3.8) is 0 Å². The van der Waals surface area contributed by atoms with E-state index in [1.165, 1.54) is 25.4 Å². The van der Waals surface area contributed by atoms with Crippen molar-refractivity contribution in [3.8, 4) is 23.4 Å². The molecular formula is C24H18ClF3N6O4. The minimum atomic E-state index is -5.03. The second kappa shape index (κ2) is 12.0. The van der Waals surface area contributed by atoms with E-state index in [4.69, 9.17) is 26.3 Å². The number of alkyl halides is 3. The predicted molar refractivity (Wildman–Crippen MR) is 131 cm³/mol. The average molecular weight is 547 g/mol. The van der Waals surface area contributed by atoms with E-state index in [1.54, 1.807) is 25.1 Å². The van der Waals surface area contributed by atoms with Crippen LogP contribution in [0.4, 0.5) is 13.2 Å². The summed E-state index contributed by atoms with van der Waals surface area (Å²) in [5.74, 6) is -1.01. The van der Waals surface area contributed by atoms with Gasteiger partial charge in [0.2, 0.25) is 18.0 Å². The van der Waals surface area contributed by atoms with Crippen molar-refractivity contribution in [2.24, 2.45) is 5.10 Å². The minimum absolute atomic E-state index is 0.00765. The molecule has 38 heavy (non-hydrogen) atoms. The number of amides is 1. The van der Waals surface area contributed by atoms with Crippen molar-refractivity contribution in [2.75, 3.05) is 7.11 Å². The van der Waals surface area contributed by atoms with Gasteiger partial charge >= 0.3 is 6.18 Å². The van der Waals surface area contributed by atoms with Gasteiger partial charge in [-0.25, -0.2) is 15.4 Å². The molecule has 0 saturated heterocycles. The molecule has 0 unspecified atom stereocenters. The maximum atomic E-state index is 13.7. The molecule has 0 aliphatic heterocycles. The first kappa shape index (κ1) is 27.9. The predicted octanol–water partition coefficient (Wildman–Crippen LogP) is 4.19. The molecule has 0 saturated carbocycles. The number of rotatable bonds is 9. The van der Waals surface area contributed by atoms with Gasteiger partial charge in [-0.1, -0.05) is 11.6 Å². The first-order valence-corrected chi connectivity index (χ1v) is 10.9. The molecule has 10 nitrogen and oxygen atoms in total. The fourth-order valence-corrected chi connectivity index (χ4v) is 3.37. The highest BCUT2D eigenvalue weighted by Gasteiger charge is 2.38. The van der Waals surface area contributed by atoms with Crippen LogP contribution in [0.1, 0.15) is 23.7 Å². The number of hydrogen-bond donors (Lipinski definition) is 1. The third-order valence-electron chi connectivity index (χ3n) is 4.86. The van der Waals surface area contributed by atoms with Crippen molar-refractivity contribution in [2.45, 2.75) is 19.6 Å². The zero-order valence-corrected chi connectivity index (χ0v) is 20.5. The van der Waals surface area contributed by atoms with Crippen molar-refractivity contribution in [3.05, 3.63) is 81.1 Å². The van der Waals surface area contributed by atoms with Crippen molar-refractivity contribution in [1.82, 2.24) is 20.0 Å². The van der Waals surface area contributed by atoms with E-state index in [1.807, 2.05) is 0 Å². The van der Waals surface area contributed by atoms with Gasteiger partial charge in [-0.15, -0.1) is 0 Å². The molecular weight excluding hydrogens is 529 g/mol. The van der Waals surface area contributed by atoms with Gasteiger partial charge in [0.15, 0.2) is 5.69 Å². The summed E-state index contributed by atoms with van der Waals surface area (Å²) >= 11 is 5.91. The summed E-state index contributed by atoms with van der Waals surface area (Å²) in [5, 5.41) is 13.0. The molecule has 0 spiro atoms. The molecule has 0 radical (unpaired) electrons. The van der Waals surface area contributed by atoms with Crippen LogP contribution >= 0.6 is 11.6 Å². The molecule has 1 N–H and O–H groups in total. The van der Waals surface area contributed by atoms with Crippen LogP contribution in [0, 0.1) is 11.3 Å². The maximum absolute atomic E-state index is 13.7. The largest absolute Gasteiger partial charge is 0.481 e. The molecule has 2 aromatic heterocycles. The van der Waals surface area contributed by atoms with Gasteiger partial charge in [0.05, 0.1) is 37.3 Å². The number of nitrogens with one attached hydrogen (secondary N) is 1. The number of benzene rings is 1. The Morgan fingerprint density at radius 2 is 2.05 bits per heavy atom. The quantitative estimate of drug-likeness (QED) is 0.242. The third-order valence-corrected chi connectivity index (χ3v) is 5.08. The highest BCUT2D eigenvalue weighted by atomic mass is 35.5. The number of pyridine rings is 1. The van der Waals surface area contributed by atoms with Crippen molar-refractivity contribution in [1.29, 1.82) is 5.26 Å². The van der Waals surface area contributed by atoms with Crippen LogP contribution in [-0.2, 0) is 17.5 Å². The van der Waals surface area contributed by atoms with Crippen LogP contribution in [0.25, 0.3) is 5.57 Å². The Kier molecular flexibility index (Phi) is 8.82. The zero-order valence-electron chi connectivity index (χ0n) is 19.8. The van der Waals surface area contributed by atoms with Crippen LogP contribution < -0.4 is 20.5 Å².